The van der Waals surface area contributed by atoms with Gasteiger partial charge in [-0.1, -0.05) is 12.1 Å². The first-order valence-corrected chi connectivity index (χ1v) is 7.26. The van der Waals surface area contributed by atoms with E-state index in [4.69, 9.17) is 0 Å². The highest BCUT2D eigenvalue weighted by Crippen LogP contribution is 2.20. The predicted octanol–water partition coefficient (Wildman–Crippen LogP) is 3.47. The van der Waals surface area contributed by atoms with Gasteiger partial charge in [-0.15, -0.1) is 0 Å². The maximum Gasteiger partial charge on any atom is 0.137 e. The van der Waals surface area contributed by atoms with Crippen molar-refractivity contribution >= 4 is 27.3 Å². The monoisotopic (exact) mass is 329 g/mol. The van der Waals surface area contributed by atoms with Gasteiger partial charge in [-0.05, 0) is 49.9 Å². The van der Waals surface area contributed by atoms with Gasteiger partial charge in [0, 0.05) is 13.1 Å². The van der Waals surface area contributed by atoms with Crippen molar-refractivity contribution < 1.29 is 9.50 Å². The minimum absolute atomic E-state index is 0.271. The third kappa shape index (κ3) is 3.38. The van der Waals surface area contributed by atoms with Crippen LogP contribution in [0.3, 0.4) is 0 Å². The number of hydrogen-bond acceptors (Lipinski definition) is 3. The standard InChI is InChI=1S/C13H13BrFNOS/c14-13-9(2-1-3-11(13)15)6-16-7-12(17)10-4-5-18-8-10/h1-5,8,12,16-17H,6-7H2. The van der Waals surface area contributed by atoms with Crippen LogP contribution < -0.4 is 5.32 Å². The molecule has 0 fully saturated rings. The Kier molecular flexibility index (Phi) is 4.88. The first-order chi connectivity index (χ1) is 8.68. The molecule has 2 aromatic rings. The van der Waals surface area contributed by atoms with Crippen LogP contribution in [0, 0.1) is 5.82 Å². The minimum atomic E-state index is -0.524. The van der Waals surface area contributed by atoms with E-state index in [1.165, 1.54) is 6.07 Å². The van der Waals surface area contributed by atoms with Crippen molar-refractivity contribution in [2.24, 2.45) is 0 Å². The fraction of sp³-hybridized carbons (Fsp3) is 0.231. The second kappa shape index (κ2) is 6.43. The predicted molar refractivity (Wildman–Crippen MR) is 75.1 cm³/mol. The third-order valence-corrected chi connectivity index (χ3v) is 4.20. The van der Waals surface area contributed by atoms with Crippen LogP contribution in [0.5, 0.6) is 0 Å². The van der Waals surface area contributed by atoms with Crippen LogP contribution in [0.15, 0.2) is 39.5 Å². The molecule has 96 valence electrons. The summed E-state index contributed by atoms with van der Waals surface area (Å²) in [6.07, 6.45) is -0.524. The summed E-state index contributed by atoms with van der Waals surface area (Å²) in [4.78, 5) is 0. The van der Waals surface area contributed by atoms with Gasteiger partial charge in [0.25, 0.3) is 0 Å². The molecule has 0 aliphatic rings. The van der Waals surface area contributed by atoms with Crippen LogP contribution in [0.1, 0.15) is 17.2 Å². The molecule has 18 heavy (non-hydrogen) atoms. The molecule has 0 aliphatic carbocycles. The van der Waals surface area contributed by atoms with Gasteiger partial charge < -0.3 is 10.4 Å². The van der Waals surface area contributed by atoms with Gasteiger partial charge in [0.1, 0.15) is 5.82 Å². The average Bonchev–Trinajstić information content (AvgIpc) is 2.88. The molecular weight excluding hydrogens is 317 g/mol. The van der Waals surface area contributed by atoms with Crippen molar-refractivity contribution in [1.29, 1.82) is 0 Å². The summed E-state index contributed by atoms with van der Waals surface area (Å²) in [6, 6.07) is 6.83. The number of thiophene rings is 1. The van der Waals surface area contributed by atoms with Crippen LogP contribution >= 0.6 is 27.3 Å². The van der Waals surface area contributed by atoms with Gasteiger partial charge >= 0.3 is 0 Å². The first-order valence-electron chi connectivity index (χ1n) is 5.52. The topological polar surface area (TPSA) is 32.3 Å². The lowest BCUT2D eigenvalue weighted by molar-refractivity contribution is 0.175. The van der Waals surface area contributed by atoms with Crippen LogP contribution in [0.4, 0.5) is 4.39 Å². The molecule has 0 saturated heterocycles. The lowest BCUT2D eigenvalue weighted by atomic mass is 10.2. The maximum atomic E-state index is 13.3. The summed E-state index contributed by atoms with van der Waals surface area (Å²) in [5.74, 6) is -0.271. The molecule has 0 spiro atoms. The largest absolute Gasteiger partial charge is 0.387 e. The maximum absolute atomic E-state index is 13.3. The van der Waals surface area contributed by atoms with E-state index >= 15 is 0 Å². The Morgan fingerprint density at radius 2 is 2.22 bits per heavy atom. The van der Waals surface area contributed by atoms with E-state index in [0.29, 0.717) is 17.6 Å². The van der Waals surface area contributed by atoms with E-state index < -0.39 is 6.10 Å². The summed E-state index contributed by atoms with van der Waals surface area (Å²) in [7, 11) is 0. The van der Waals surface area contributed by atoms with Gasteiger partial charge in [0.2, 0.25) is 0 Å². The summed E-state index contributed by atoms with van der Waals surface area (Å²) >= 11 is 4.77. The van der Waals surface area contributed by atoms with Gasteiger partial charge in [-0.2, -0.15) is 11.3 Å². The van der Waals surface area contributed by atoms with Crippen molar-refractivity contribution in [3.8, 4) is 0 Å². The summed E-state index contributed by atoms with van der Waals surface area (Å²) in [5, 5.41) is 16.8. The number of hydrogen-bond donors (Lipinski definition) is 2. The SMILES string of the molecule is OC(CNCc1cccc(F)c1Br)c1ccsc1. The van der Waals surface area contributed by atoms with Gasteiger partial charge in [-0.25, -0.2) is 4.39 Å². The van der Waals surface area contributed by atoms with E-state index in [1.54, 1.807) is 17.4 Å². The van der Waals surface area contributed by atoms with E-state index in [-0.39, 0.29) is 5.82 Å². The summed E-state index contributed by atoms with van der Waals surface area (Å²) < 4.78 is 13.7. The van der Waals surface area contributed by atoms with Crippen molar-refractivity contribution in [3.05, 3.63) is 56.4 Å². The molecule has 1 unspecified atom stereocenters. The zero-order valence-corrected chi connectivity index (χ0v) is 12.0. The normalized spacial score (nSPS) is 12.6. The molecule has 5 heteroatoms. The molecule has 1 atom stereocenters. The molecule has 2 rings (SSSR count). The second-order valence-corrected chi connectivity index (χ2v) is 5.49. The Balaban J connectivity index is 1.87. The molecular formula is C13H13BrFNOS. The van der Waals surface area contributed by atoms with Gasteiger partial charge in [0.15, 0.2) is 0 Å². The quantitative estimate of drug-likeness (QED) is 0.880. The third-order valence-electron chi connectivity index (χ3n) is 2.61. The van der Waals surface area contributed by atoms with E-state index in [0.717, 1.165) is 11.1 Å². The molecule has 1 aromatic heterocycles. The molecule has 0 bridgehead atoms. The number of aliphatic hydroxyl groups is 1. The van der Waals surface area contributed by atoms with E-state index in [1.807, 2.05) is 22.9 Å². The Morgan fingerprint density at radius 1 is 1.39 bits per heavy atom. The first kappa shape index (κ1) is 13.7. The molecule has 0 aliphatic heterocycles. The second-order valence-electron chi connectivity index (χ2n) is 3.92. The Hall–Kier alpha value is -0.750. The van der Waals surface area contributed by atoms with Crippen LogP contribution in [0.2, 0.25) is 0 Å². The number of halogens is 2. The highest BCUT2D eigenvalue weighted by Gasteiger charge is 2.08. The molecule has 2 N–H and O–H groups in total. The number of rotatable bonds is 5. The molecule has 1 heterocycles. The van der Waals surface area contributed by atoms with Crippen molar-refractivity contribution in [3.63, 3.8) is 0 Å². The molecule has 0 radical (unpaired) electrons. The van der Waals surface area contributed by atoms with E-state index in [2.05, 4.69) is 21.2 Å². The van der Waals surface area contributed by atoms with Crippen molar-refractivity contribution in [1.82, 2.24) is 5.32 Å². The summed E-state index contributed by atoms with van der Waals surface area (Å²) in [6.45, 7) is 0.958. The molecule has 0 saturated carbocycles. The Labute approximate surface area is 118 Å². The van der Waals surface area contributed by atoms with Crippen molar-refractivity contribution in [2.75, 3.05) is 6.54 Å². The Morgan fingerprint density at radius 3 is 2.94 bits per heavy atom. The smallest absolute Gasteiger partial charge is 0.137 e. The highest BCUT2D eigenvalue weighted by atomic mass is 79.9. The lowest BCUT2D eigenvalue weighted by Crippen LogP contribution is -2.21. The average molecular weight is 330 g/mol. The zero-order valence-electron chi connectivity index (χ0n) is 9.57. The van der Waals surface area contributed by atoms with Gasteiger partial charge in [0.05, 0.1) is 10.6 Å². The number of benzene rings is 1. The number of nitrogens with one attached hydrogen (secondary N) is 1. The fourth-order valence-corrected chi connectivity index (χ4v) is 2.72. The Bertz CT molecular complexity index is 504. The van der Waals surface area contributed by atoms with Crippen LogP contribution in [0.25, 0.3) is 0 Å². The van der Waals surface area contributed by atoms with E-state index in [9.17, 15) is 9.50 Å². The number of aliphatic hydroxyl groups excluding tert-OH is 1. The molecule has 0 amide bonds. The lowest BCUT2D eigenvalue weighted by Gasteiger charge is -2.11. The molecule has 1 aromatic carbocycles. The van der Waals surface area contributed by atoms with Crippen LogP contribution in [-0.4, -0.2) is 11.7 Å². The van der Waals surface area contributed by atoms with Crippen LogP contribution in [-0.2, 0) is 6.54 Å². The highest BCUT2D eigenvalue weighted by molar-refractivity contribution is 9.10. The zero-order chi connectivity index (χ0) is 13.0. The fourth-order valence-electron chi connectivity index (χ4n) is 1.61. The van der Waals surface area contributed by atoms with Crippen molar-refractivity contribution in [2.45, 2.75) is 12.6 Å². The summed E-state index contributed by atoms with van der Waals surface area (Å²) in [5.41, 5.74) is 1.75. The molecule has 2 nitrogen and oxygen atoms in total. The van der Waals surface area contributed by atoms with Gasteiger partial charge in [-0.3, -0.25) is 0 Å². The minimum Gasteiger partial charge on any atom is -0.387 e.